The topological polar surface area (TPSA) is 57.2 Å². The Morgan fingerprint density at radius 2 is 1.74 bits per heavy atom. The van der Waals surface area contributed by atoms with Gasteiger partial charge in [0.05, 0.1) is 16.3 Å². The van der Waals surface area contributed by atoms with Crippen LogP contribution in [-0.2, 0) is 12.0 Å². The predicted molar refractivity (Wildman–Crippen MR) is 126 cm³/mol. The maximum absolute atomic E-state index is 11.1. The van der Waals surface area contributed by atoms with Gasteiger partial charge in [-0.15, -0.1) is 0 Å². The van der Waals surface area contributed by atoms with E-state index < -0.39 is 11.9 Å². The van der Waals surface area contributed by atoms with E-state index in [0.29, 0.717) is 22.5 Å². The number of benzene rings is 2. The van der Waals surface area contributed by atoms with E-state index in [4.69, 9.17) is 23.2 Å². The molecule has 0 spiro atoms. The van der Waals surface area contributed by atoms with Gasteiger partial charge < -0.3 is 5.11 Å². The van der Waals surface area contributed by atoms with Crippen LogP contribution in [0.2, 0.25) is 10.0 Å². The molecule has 0 radical (unpaired) electrons. The molecule has 0 amide bonds. The lowest BCUT2D eigenvalue weighted by Gasteiger charge is -2.38. The average Bonchev–Trinajstić information content (AvgIpc) is 3.27. The van der Waals surface area contributed by atoms with Crippen molar-refractivity contribution < 1.29 is 5.11 Å². The Bertz CT molecular complexity index is 978. The first-order chi connectivity index (χ1) is 15.0. The highest BCUT2D eigenvalue weighted by Gasteiger charge is 2.38. The molecule has 1 fully saturated rings. The largest absolute Gasteiger partial charge is 0.365 e. The molecule has 2 unspecified atom stereocenters. The van der Waals surface area contributed by atoms with Crippen LogP contribution in [0.5, 0.6) is 0 Å². The van der Waals surface area contributed by atoms with Crippen molar-refractivity contribution in [3.63, 3.8) is 0 Å². The van der Waals surface area contributed by atoms with Crippen molar-refractivity contribution in [3.05, 3.63) is 99.8 Å². The molecule has 2 atom stereocenters. The number of aliphatic hydroxyl groups excluding tert-OH is 1. The number of hydrogen-bond acceptors (Lipinski definition) is 4. The summed E-state index contributed by atoms with van der Waals surface area (Å²) in [6, 6.07) is 21.9. The maximum Gasteiger partial charge on any atom is 0.161 e. The van der Waals surface area contributed by atoms with E-state index in [9.17, 15) is 5.11 Å². The minimum Gasteiger partial charge on any atom is -0.365 e. The van der Waals surface area contributed by atoms with Crippen LogP contribution >= 0.6 is 23.2 Å². The van der Waals surface area contributed by atoms with Crippen LogP contribution in [0.25, 0.3) is 0 Å². The Labute approximate surface area is 193 Å². The van der Waals surface area contributed by atoms with Crippen LogP contribution in [0.3, 0.4) is 0 Å². The van der Waals surface area contributed by atoms with Gasteiger partial charge in [0, 0.05) is 23.7 Å². The zero-order chi connectivity index (χ0) is 21.7. The Morgan fingerprint density at radius 3 is 2.42 bits per heavy atom. The number of aliphatic hydroxyl groups is 1. The third-order valence-electron chi connectivity index (χ3n) is 5.93. The molecule has 162 valence electrons. The van der Waals surface area contributed by atoms with Gasteiger partial charge >= 0.3 is 0 Å². The molecule has 3 N–H and O–H groups in total. The second kappa shape index (κ2) is 10.1. The molecular weight excluding hydrogens is 429 g/mol. The fourth-order valence-electron chi connectivity index (χ4n) is 4.42. The quantitative estimate of drug-likeness (QED) is 0.404. The molecule has 1 aliphatic rings. The van der Waals surface area contributed by atoms with Crippen molar-refractivity contribution >= 4 is 23.2 Å². The number of hydrogen-bond donors (Lipinski definition) is 3. The SMILES string of the molecule is OC(NC1CCCC1)NC(Cc1ccccc1)(c1cccc(Cl)c1)c1ccc(Cl)cn1. The lowest BCUT2D eigenvalue weighted by molar-refractivity contribution is 0.0580. The standard InChI is InChI=1S/C25H27Cl2N3O/c26-20-10-6-9-19(15-20)25(16-18-7-2-1-3-8-18,23-14-13-21(27)17-28-23)30-24(31)29-22-11-4-5-12-22/h1-3,6-10,13-15,17,22,24,29-31H,4-5,11-12,16H2. The van der Waals surface area contributed by atoms with Crippen LogP contribution in [0, 0.1) is 0 Å². The summed E-state index contributed by atoms with van der Waals surface area (Å²) in [6.07, 6.45) is 5.82. The van der Waals surface area contributed by atoms with Gasteiger partial charge in [-0.05, 0) is 48.2 Å². The fourth-order valence-corrected chi connectivity index (χ4v) is 4.73. The third kappa shape index (κ3) is 5.46. The van der Waals surface area contributed by atoms with E-state index in [0.717, 1.165) is 29.7 Å². The third-order valence-corrected chi connectivity index (χ3v) is 6.38. The smallest absolute Gasteiger partial charge is 0.161 e. The lowest BCUT2D eigenvalue weighted by Crippen LogP contribution is -2.57. The minimum absolute atomic E-state index is 0.300. The highest BCUT2D eigenvalue weighted by atomic mass is 35.5. The normalized spacial score (nSPS) is 17.4. The summed E-state index contributed by atoms with van der Waals surface area (Å²) in [5, 5.41) is 19.1. The molecule has 2 aromatic carbocycles. The summed E-state index contributed by atoms with van der Waals surface area (Å²) in [5.74, 6) is 0. The second-order valence-corrected chi connectivity index (χ2v) is 9.01. The van der Waals surface area contributed by atoms with Gasteiger partial charge in [-0.3, -0.25) is 15.6 Å². The van der Waals surface area contributed by atoms with Crippen molar-refractivity contribution in [1.29, 1.82) is 0 Å². The average molecular weight is 456 g/mol. The molecule has 1 heterocycles. The zero-order valence-corrected chi connectivity index (χ0v) is 18.8. The molecule has 4 nitrogen and oxygen atoms in total. The van der Waals surface area contributed by atoms with E-state index in [2.05, 4.69) is 27.8 Å². The first-order valence-corrected chi connectivity index (χ1v) is 11.4. The Morgan fingerprint density at radius 1 is 0.968 bits per heavy atom. The van der Waals surface area contributed by atoms with Gasteiger partial charge in [0.2, 0.25) is 0 Å². The Hall–Kier alpha value is -1.95. The molecule has 31 heavy (non-hydrogen) atoms. The first kappa shape index (κ1) is 22.3. The Balaban J connectivity index is 1.79. The molecule has 3 aromatic rings. The van der Waals surface area contributed by atoms with Crippen molar-refractivity contribution in [2.45, 2.75) is 50.0 Å². The Kier molecular flexibility index (Phi) is 7.26. The zero-order valence-electron chi connectivity index (χ0n) is 17.3. The molecular formula is C25H27Cl2N3O. The van der Waals surface area contributed by atoms with Crippen LogP contribution < -0.4 is 10.6 Å². The van der Waals surface area contributed by atoms with Crippen LogP contribution in [0.4, 0.5) is 0 Å². The first-order valence-electron chi connectivity index (χ1n) is 10.7. The minimum atomic E-state index is -0.914. The van der Waals surface area contributed by atoms with Crippen molar-refractivity contribution in [2.75, 3.05) is 0 Å². The van der Waals surface area contributed by atoms with Gasteiger partial charge in [0.15, 0.2) is 6.35 Å². The predicted octanol–water partition coefficient (Wildman–Crippen LogP) is 5.27. The summed E-state index contributed by atoms with van der Waals surface area (Å²) in [7, 11) is 0. The molecule has 0 saturated heterocycles. The van der Waals surface area contributed by atoms with Gasteiger partial charge in [0.1, 0.15) is 0 Å². The molecule has 6 heteroatoms. The van der Waals surface area contributed by atoms with Crippen LogP contribution in [-0.4, -0.2) is 22.5 Å². The van der Waals surface area contributed by atoms with E-state index in [1.54, 1.807) is 6.20 Å². The van der Waals surface area contributed by atoms with Crippen molar-refractivity contribution in [3.8, 4) is 0 Å². The molecule has 1 aliphatic carbocycles. The molecule has 0 aliphatic heterocycles. The van der Waals surface area contributed by atoms with E-state index in [-0.39, 0.29) is 0 Å². The van der Waals surface area contributed by atoms with Crippen molar-refractivity contribution in [1.82, 2.24) is 15.6 Å². The van der Waals surface area contributed by atoms with Crippen molar-refractivity contribution in [2.24, 2.45) is 0 Å². The van der Waals surface area contributed by atoms with E-state index in [1.165, 1.54) is 12.8 Å². The highest BCUT2D eigenvalue weighted by Crippen LogP contribution is 2.34. The van der Waals surface area contributed by atoms with Gasteiger partial charge in [0.25, 0.3) is 0 Å². The summed E-state index contributed by atoms with van der Waals surface area (Å²) in [4.78, 5) is 4.66. The van der Waals surface area contributed by atoms with E-state index in [1.807, 2.05) is 54.6 Å². The van der Waals surface area contributed by atoms with Crippen LogP contribution in [0.15, 0.2) is 72.9 Å². The number of pyridine rings is 1. The second-order valence-electron chi connectivity index (χ2n) is 8.13. The summed E-state index contributed by atoms with van der Waals surface area (Å²) >= 11 is 12.5. The fraction of sp³-hybridized carbons (Fsp3) is 0.320. The number of rotatable bonds is 8. The number of halogens is 2. The number of aromatic nitrogens is 1. The van der Waals surface area contributed by atoms with Gasteiger partial charge in [-0.25, -0.2) is 0 Å². The molecule has 1 saturated carbocycles. The van der Waals surface area contributed by atoms with E-state index >= 15 is 0 Å². The number of nitrogens with one attached hydrogen (secondary N) is 2. The summed E-state index contributed by atoms with van der Waals surface area (Å²) in [5.41, 5.74) is 1.98. The molecule has 0 bridgehead atoms. The highest BCUT2D eigenvalue weighted by molar-refractivity contribution is 6.30. The number of nitrogens with zero attached hydrogens (tertiary/aromatic N) is 1. The monoisotopic (exact) mass is 455 g/mol. The molecule has 1 aromatic heterocycles. The van der Waals surface area contributed by atoms with Gasteiger partial charge in [-0.2, -0.15) is 0 Å². The lowest BCUT2D eigenvalue weighted by atomic mass is 9.80. The molecule has 4 rings (SSSR count). The summed E-state index contributed by atoms with van der Waals surface area (Å²) < 4.78 is 0. The maximum atomic E-state index is 11.1. The van der Waals surface area contributed by atoms with Gasteiger partial charge in [-0.1, -0.05) is 78.5 Å². The summed E-state index contributed by atoms with van der Waals surface area (Å²) in [6.45, 7) is 0. The van der Waals surface area contributed by atoms with Crippen LogP contribution in [0.1, 0.15) is 42.5 Å².